The van der Waals surface area contributed by atoms with Crippen LogP contribution < -0.4 is 29.6 Å². The van der Waals surface area contributed by atoms with Gasteiger partial charge in [0.1, 0.15) is 5.82 Å². The van der Waals surface area contributed by atoms with Crippen LogP contribution in [0.2, 0.25) is 0 Å². The molecule has 1 aromatic carbocycles. The first-order valence-corrected chi connectivity index (χ1v) is 2.52. The minimum atomic E-state index is -0.132. The van der Waals surface area contributed by atoms with E-state index >= 15 is 0 Å². The fourth-order valence-corrected chi connectivity index (χ4v) is 0.551. The van der Waals surface area contributed by atoms with Crippen LogP contribution in [-0.4, -0.2) is 0 Å². The molecule has 0 aromatic heterocycles. The van der Waals surface area contributed by atoms with E-state index in [1.165, 1.54) is 6.07 Å². The van der Waals surface area contributed by atoms with Gasteiger partial charge in [0.05, 0.1) is 0 Å². The van der Waals surface area contributed by atoms with Crippen LogP contribution in [0.4, 0.5) is 4.39 Å². The summed E-state index contributed by atoms with van der Waals surface area (Å²) in [6.07, 6.45) is 0. The van der Waals surface area contributed by atoms with Crippen LogP contribution in [0.25, 0.3) is 0 Å². The molecular formula is C7H8FNa. The van der Waals surface area contributed by atoms with Gasteiger partial charge in [-0.3, -0.25) is 0 Å². The Morgan fingerprint density at radius 2 is 1.89 bits per heavy atom. The van der Waals surface area contributed by atoms with Crippen molar-refractivity contribution >= 4 is 0 Å². The van der Waals surface area contributed by atoms with Gasteiger partial charge in [0.15, 0.2) is 0 Å². The van der Waals surface area contributed by atoms with Gasteiger partial charge in [-0.15, -0.1) is 0 Å². The molecule has 0 amide bonds. The van der Waals surface area contributed by atoms with Crippen molar-refractivity contribution in [2.75, 3.05) is 0 Å². The molecule has 0 radical (unpaired) electrons. The second kappa shape index (κ2) is 4.04. The van der Waals surface area contributed by atoms with Crippen LogP contribution in [0.15, 0.2) is 24.3 Å². The molecule has 44 valence electrons. The molecule has 0 saturated carbocycles. The molecule has 1 aromatic rings. The van der Waals surface area contributed by atoms with Gasteiger partial charge in [0.25, 0.3) is 0 Å². The largest absolute Gasteiger partial charge is 1.00 e. The minimum Gasteiger partial charge on any atom is -1.00 e. The molecule has 0 heterocycles. The van der Waals surface area contributed by atoms with E-state index in [0.717, 1.165) is 0 Å². The quantitative estimate of drug-likeness (QED) is 0.409. The molecule has 0 atom stereocenters. The SMILES string of the molecule is Cc1ccccc1F.[H-].[Na+]. The van der Waals surface area contributed by atoms with E-state index in [4.69, 9.17) is 0 Å². The molecule has 1 rings (SSSR count). The second-order valence-electron chi connectivity index (χ2n) is 1.75. The standard InChI is InChI=1S/C7H7F.Na.H/c1-6-4-2-3-5-7(6)8;;/h2-5H,1H3;;/q;+1;-1. The molecule has 9 heavy (non-hydrogen) atoms. The zero-order chi connectivity index (χ0) is 5.98. The van der Waals surface area contributed by atoms with E-state index in [-0.39, 0.29) is 36.8 Å². The van der Waals surface area contributed by atoms with Gasteiger partial charge in [0, 0.05) is 0 Å². The molecule has 0 unspecified atom stereocenters. The third-order valence-corrected chi connectivity index (χ3v) is 1.08. The minimum absolute atomic E-state index is 0. The Kier molecular flexibility index (Phi) is 4.11. The average Bonchev–Trinajstić information content (AvgIpc) is 1.77. The van der Waals surface area contributed by atoms with Gasteiger partial charge in [-0.05, 0) is 18.6 Å². The summed E-state index contributed by atoms with van der Waals surface area (Å²) in [6.45, 7) is 1.75. The summed E-state index contributed by atoms with van der Waals surface area (Å²) in [5.41, 5.74) is 0.701. The molecule has 0 aliphatic heterocycles. The Bertz CT molecular complexity index is 170. The smallest absolute Gasteiger partial charge is 1.00 e. The first kappa shape index (κ1) is 9.15. The van der Waals surface area contributed by atoms with Gasteiger partial charge >= 0.3 is 29.6 Å². The summed E-state index contributed by atoms with van der Waals surface area (Å²) < 4.78 is 12.3. The van der Waals surface area contributed by atoms with E-state index in [1.54, 1.807) is 19.1 Å². The summed E-state index contributed by atoms with van der Waals surface area (Å²) >= 11 is 0. The summed E-state index contributed by atoms with van der Waals surface area (Å²) in [6, 6.07) is 6.70. The molecule has 0 aliphatic rings. The first-order chi connectivity index (χ1) is 3.80. The van der Waals surface area contributed by atoms with E-state index in [2.05, 4.69) is 0 Å². The Hall–Kier alpha value is 0.150. The summed E-state index contributed by atoms with van der Waals surface area (Å²) in [7, 11) is 0. The van der Waals surface area contributed by atoms with E-state index in [1.807, 2.05) is 6.07 Å². The van der Waals surface area contributed by atoms with Crippen molar-refractivity contribution in [1.29, 1.82) is 0 Å². The van der Waals surface area contributed by atoms with Gasteiger partial charge in [-0.25, -0.2) is 4.39 Å². The fourth-order valence-electron chi connectivity index (χ4n) is 0.551. The van der Waals surface area contributed by atoms with Crippen LogP contribution >= 0.6 is 0 Å². The molecule has 0 spiro atoms. The van der Waals surface area contributed by atoms with Crippen LogP contribution in [0.1, 0.15) is 6.99 Å². The molecular weight excluding hydrogens is 126 g/mol. The zero-order valence-corrected chi connectivity index (χ0v) is 7.69. The summed E-state index contributed by atoms with van der Waals surface area (Å²) in [5, 5.41) is 0. The van der Waals surface area contributed by atoms with Crippen LogP contribution in [0.5, 0.6) is 0 Å². The normalized spacial score (nSPS) is 8.22. The maximum Gasteiger partial charge on any atom is 1.00 e. The van der Waals surface area contributed by atoms with Crippen molar-refractivity contribution in [2.24, 2.45) is 0 Å². The second-order valence-corrected chi connectivity index (χ2v) is 1.75. The molecule has 2 heteroatoms. The zero-order valence-electron chi connectivity index (χ0n) is 6.69. The van der Waals surface area contributed by atoms with Crippen LogP contribution in [0, 0.1) is 12.7 Å². The van der Waals surface area contributed by atoms with Crippen LogP contribution in [0.3, 0.4) is 0 Å². The maximum atomic E-state index is 12.3. The van der Waals surface area contributed by atoms with Crippen LogP contribution in [-0.2, 0) is 0 Å². The van der Waals surface area contributed by atoms with Crippen molar-refractivity contribution in [3.8, 4) is 0 Å². The van der Waals surface area contributed by atoms with E-state index in [9.17, 15) is 4.39 Å². The van der Waals surface area contributed by atoms with Gasteiger partial charge in [-0.1, -0.05) is 18.2 Å². The van der Waals surface area contributed by atoms with Crippen molar-refractivity contribution < 1.29 is 35.4 Å². The topological polar surface area (TPSA) is 0 Å². The third-order valence-electron chi connectivity index (χ3n) is 1.08. The Morgan fingerprint density at radius 1 is 1.33 bits per heavy atom. The molecule has 0 aliphatic carbocycles. The molecule has 0 bridgehead atoms. The van der Waals surface area contributed by atoms with Crippen molar-refractivity contribution in [2.45, 2.75) is 6.92 Å². The van der Waals surface area contributed by atoms with Gasteiger partial charge in [0.2, 0.25) is 0 Å². The monoisotopic (exact) mass is 134 g/mol. The molecule has 0 fully saturated rings. The third kappa shape index (κ3) is 2.48. The van der Waals surface area contributed by atoms with E-state index in [0.29, 0.717) is 5.56 Å². The number of rotatable bonds is 0. The molecule has 0 nitrogen and oxygen atoms in total. The Labute approximate surface area is 77.9 Å². The number of hydrogen-bond acceptors (Lipinski definition) is 0. The van der Waals surface area contributed by atoms with Crippen molar-refractivity contribution in [3.05, 3.63) is 35.6 Å². The average molecular weight is 134 g/mol. The predicted molar refractivity (Wildman–Crippen MR) is 32.2 cm³/mol. The summed E-state index contributed by atoms with van der Waals surface area (Å²) in [4.78, 5) is 0. The van der Waals surface area contributed by atoms with E-state index < -0.39 is 0 Å². The van der Waals surface area contributed by atoms with Crippen molar-refractivity contribution in [3.63, 3.8) is 0 Å². The first-order valence-electron chi connectivity index (χ1n) is 2.52. The molecule has 0 saturated heterocycles. The van der Waals surface area contributed by atoms with Gasteiger partial charge < -0.3 is 1.43 Å². The predicted octanol–water partition coefficient (Wildman–Crippen LogP) is -0.749. The number of benzene rings is 1. The fraction of sp³-hybridized carbons (Fsp3) is 0.143. The van der Waals surface area contributed by atoms with Gasteiger partial charge in [-0.2, -0.15) is 0 Å². The number of aryl methyl sites for hydroxylation is 1. The number of hydrogen-bond donors (Lipinski definition) is 0. The maximum absolute atomic E-state index is 12.3. The summed E-state index contributed by atoms with van der Waals surface area (Å²) in [5.74, 6) is -0.132. The Balaban J connectivity index is 0. The van der Waals surface area contributed by atoms with Crippen molar-refractivity contribution in [1.82, 2.24) is 0 Å². The molecule has 0 N–H and O–H groups in total. The number of halogens is 1. The Morgan fingerprint density at radius 3 is 2.22 bits per heavy atom.